The Morgan fingerprint density at radius 2 is 1.94 bits per heavy atom. The highest BCUT2D eigenvalue weighted by Crippen LogP contribution is 2.22. The Morgan fingerprint density at radius 1 is 1.22 bits per heavy atom. The maximum atomic E-state index is 12.8. The van der Waals surface area contributed by atoms with E-state index in [0.29, 0.717) is 17.4 Å². The van der Waals surface area contributed by atoms with Crippen molar-refractivity contribution in [2.75, 3.05) is 24.6 Å². The first kappa shape index (κ1) is 24.0. The summed E-state index contributed by atoms with van der Waals surface area (Å²) in [5, 5.41) is 2.86. The fourth-order valence-electron chi connectivity index (χ4n) is 3.16. The number of hydrogen-bond donors (Lipinski definition) is 1. The molecule has 0 bridgehead atoms. The van der Waals surface area contributed by atoms with E-state index in [1.807, 2.05) is 13.8 Å². The molecule has 0 aromatic carbocycles. The number of carbonyl (C=O) groups is 3. The van der Waals surface area contributed by atoms with Gasteiger partial charge in [0.25, 0.3) is 10.8 Å². The van der Waals surface area contributed by atoms with E-state index in [-0.39, 0.29) is 58.6 Å². The van der Waals surface area contributed by atoms with Crippen LogP contribution in [0.3, 0.4) is 0 Å². The summed E-state index contributed by atoms with van der Waals surface area (Å²) < 4.78 is 2.48. The van der Waals surface area contributed by atoms with Gasteiger partial charge in [-0.2, -0.15) is 0 Å². The van der Waals surface area contributed by atoms with Crippen LogP contribution in [0.25, 0.3) is 11.0 Å². The second-order valence-electron chi connectivity index (χ2n) is 7.66. The fraction of sp³-hybridized carbons (Fsp3) is 0.526. The Kier molecular flexibility index (Phi) is 7.39. The molecule has 1 N–H and O–H groups in total. The summed E-state index contributed by atoms with van der Waals surface area (Å²) in [6.45, 7) is 6.21. The molecule has 3 amide bonds. The summed E-state index contributed by atoms with van der Waals surface area (Å²) in [7, 11) is 1.40. The molecule has 0 atom stereocenters. The van der Waals surface area contributed by atoms with Crippen molar-refractivity contribution in [3.05, 3.63) is 26.7 Å². The molecule has 2 aromatic rings. The maximum Gasteiger partial charge on any atom is 0.332 e. The van der Waals surface area contributed by atoms with Crippen LogP contribution in [0.2, 0.25) is 0 Å². The van der Waals surface area contributed by atoms with Crippen molar-refractivity contribution < 1.29 is 14.4 Å². The molecular weight excluding hydrogens is 456 g/mol. The molecule has 3 rings (SSSR count). The molecule has 0 unspecified atom stereocenters. The van der Waals surface area contributed by atoms with Crippen molar-refractivity contribution in [1.82, 2.24) is 29.3 Å². The molecule has 3 heterocycles. The van der Waals surface area contributed by atoms with Gasteiger partial charge in [0.05, 0.1) is 11.5 Å². The third-order valence-corrected chi connectivity index (χ3v) is 6.48. The number of carbonyl (C=O) groups excluding carboxylic acids is 3. The molecule has 1 aliphatic heterocycles. The standard InChI is InChI=1S/C19H24N6O5S2/c1-10(2)7-25-15-14(17(28)23(4)18(25)29)16(22-11(3)21-15)31-8-12(26)20-5-6-24-13(27)9-32-19(24)30/h10H,5-9H2,1-4H3,(H,20,26). The first-order valence-electron chi connectivity index (χ1n) is 9.95. The molecule has 0 spiro atoms. The second-order valence-corrected chi connectivity index (χ2v) is 9.56. The zero-order valence-electron chi connectivity index (χ0n) is 18.2. The number of hydrogen-bond acceptors (Lipinski definition) is 9. The van der Waals surface area contributed by atoms with Crippen molar-refractivity contribution in [2.45, 2.75) is 32.3 Å². The topological polar surface area (TPSA) is 136 Å². The van der Waals surface area contributed by atoms with Crippen LogP contribution in [0.15, 0.2) is 14.6 Å². The average molecular weight is 481 g/mol. The van der Waals surface area contributed by atoms with Gasteiger partial charge in [0, 0.05) is 26.7 Å². The van der Waals surface area contributed by atoms with Crippen LogP contribution in [0.5, 0.6) is 0 Å². The van der Waals surface area contributed by atoms with Gasteiger partial charge in [0.1, 0.15) is 16.2 Å². The van der Waals surface area contributed by atoms with Crippen molar-refractivity contribution in [3.63, 3.8) is 0 Å². The zero-order chi connectivity index (χ0) is 23.6. The molecule has 1 saturated heterocycles. The monoisotopic (exact) mass is 480 g/mol. The number of thioether (sulfide) groups is 2. The van der Waals surface area contributed by atoms with Gasteiger partial charge in [-0.15, -0.1) is 0 Å². The number of amides is 3. The minimum atomic E-state index is -0.517. The van der Waals surface area contributed by atoms with E-state index in [0.717, 1.165) is 33.0 Å². The zero-order valence-corrected chi connectivity index (χ0v) is 19.8. The Morgan fingerprint density at radius 3 is 2.56 bits per heavy atom. The predicted octanol–water partition coefficient (Wildman–Crippen LogP) is 0.358. The van der Waals surface area contributed by atoms with E-state index in [1.54, 1.807) is 6.92 Å². The van der Waals surface area contributed by atoms with Gasteiger partial charge in [0.15, 0.2) is 5.65 Å². The molecule has 0 aliphatic carbocycles. The van der Waals surface area contributed by atoms with Crippen LogP contribution < -0.4 is 16.6 Å². The first-order valence-corrected chi connectivity index (χ1v) is 11.9. The van der Waals surface area contributed by atoms with Crippen molar-refractivity contribution in [3.8, 4) is 0 Å². The van der Waals surface area contributed by atoms with Crippen molar-refractivity contribution >= 4 is 51.6 Å². The molecular formula is C19H24N6O5S2. The lowest BCUT2D eigenvalue weighted by Gasteiger charge is -2.15. The summed E-state index contributed by atoms with van der Waals surface area (Å²) in [5.41, 5.74) is -0.714. The highest BCUT2D eigenvalue weighted by atomic mass is 32.2. The van der Waals surface area contributed by atoms with Crippen molar-refractivity contribution in [1.29, 1.82) is 0 Å². The number of imide groups is 1. The number of rotatable bonds is 8. The lowest BCUT2D eigenvalue weighted by molar-refractivity contribution is -0.125. The van der Waals surface area contributed by atoms with Gasteiger partial charge in [-0.25, -0.2) is 14.8 Å². The molecule has 0 saturated carbocycles. The van der Waals surface area contributed by atoms with Gasteiger partial charge in [-0.1, -0.05) is 37.4 Å². The molecule has 0 radical (unpaired) electrons. The van der Waals surface area contributed by atoms with E-state index in [9.17, 15) is 24.0 Å². The molecule has 1 aliphatic rings. The normalized spacial score (nSPS) is 14.1. The van der Waals surface area contributed by atoms with E-state index in [2.05, 4.69) is 15.3 Å². The first-order chi connectivity index (χ1) is 15.1. The van der Waals surface area contributed by atoms with Crippen LogP contribution in [-0.4, -0.2) is 65.7 Å². The summed E-state index contributed by atoms with van der Waals surface area (Å²) in [5.74, 6) is 0.0228. The molecule has 13 heteroatoms. The smallest absolute Gasteiger partial charge is 0.332 e. The highest BCUT2D eigenvalue weighted by molar-refractivity contribution is 8.14. The quantitative estimate of drug-likeness (QED) is 0.419. The van der Waals surface area contributed by atoms with E-state index < -0.39 is 11.2 Å². The van der Waals surface area contributed by atoms with Crippen LogP contribution >= 0.6 is 23.5 Å². The van der Waals surface area contributed by atoms with Gasteiger partial charge < -0.3 is 5.32 Å². The number of nitrogens with zero attached hydrogens (tertiary/aromatic N) is 5. The summed E-state index contributed by atoms with van der Waals surface area (Å²) in [6.07, 6.45) is 0. The van der Waals surface area contributed by atoms with Crippen LogP contribution in [0.1, 0.15) is 19.7 Å². The highest BCUT2D eigenvalue weighted by Gasteiger charge is 2.29. The molecule has 172 valence electrons. The van der Waals surface area contributed by atoms with E-state index in [4.69, 9.17) is 0 Å². The number of fused-ring (bicyclic) bond motifs is 1. The predicted molar refractivity (Wildman–Crippen MR) is 122 cm³/mol. The Hall–Kier alpha value is -2.67. The van der Waals surface area contributed by atoms with Gasteiger partial charge >= 0.3 is 5.69 Å². The summed E-state index contributed by atoms with van der Waals surface area (Å²) in [4.78, 5) is 70.7. The molecule has 1 fully saturated rings. The Balaban J connectivity index is 1.78. The number of aromatic nitrogens is 4. The van der Waals surface area contributed by atoms with Gasteiger partial charge in [0.2, 0.25) is 11.8 Å². The molecule has 32 heavy (non-hydrogen) atoms. The van der Waals surface area contributed by atoms with Gasteiger partial charge in [-0.05, 0) is 12.8 Å². The number of nitrogens with one attached hydrogen (secondary N) is 1. The summed E-state index contributed by atoms with van der Waals surface area (Å²) in [6, 6.07) is 0. The second kappa shape index (κ2) is 9.86. The molecule has 2 aromatic heterocycles. The number of aryl methyl sites for hydroxylation is 1. The van der Waals surface area contributed by atoms with Crippen LogP contribution in [0, 0.1) is 12.8 Å². The SMILES string of the molecule is Cc1nc(SCC(=O)NCCN2C(=O)CSC2=O)c2c(=O)n(C)c(=O)n(CC(C)C)c2n1. The Labute approximate surface area is 192 Å². The van der Waals surface area contributed by atoms with Crippen LogP contribution in [-0.2, 0) is 23.2 Å². The minimum absolute atomic E-state index is 0.0331. The third-order valence-electron chi connectivity index (χ3n) is 4.65. The minimum Gasteiger partial charge on any atom is -0.354 e. The maximum absolute atomic E-state index is 12.8. The summed E-state index contributed by atoms with van der Waals surface area (Å²) >= 11 is 2.01. The Bertz CT molecular complexity index is 1190. The largest absolute Gasteiger partial charge is 0.354 e. The lowest BCUT2D eigenvalue weighted by Crippen LogP contribution is -2.40. The average Bonchev–Trinajstić information content (AvgIpc) is 3.05. The third kappa shape index (κ3) is 5.04. The van der Waals surface area contributed by atoms with E-state index >= 15 is 0 Å². The fourth-order valence-corrected chi connectivity index (χ4v) is 4.81. The van der Waals surface area contributed by atoms with Gasteiger partial charge in [-0.3, -0.25) is 33.2 Å². The van der Waals surface area contributed by atoms with Crippen LogP contribution in [0.4, 0.5) is 4.79 Å². The molecule has 11 nitrogen and oxygen atoms in total. The van der Waals surface area contributed by atoms with E-state index in [1.165, 1.54) is 11.6 Å². The van der Waals surface area contributed by atoms with Crippen molar-refractivity contribution in [2.24, 2.45) is 13.0 Å². The lowest BCUT2D eigenvalue weighted by atomic mass is 10.2.